The number of hydrogen-bond donors (Lipinski definition) is 2. The molecule has 0 amide bonds. The lowest BCUT2D eigenvalue weighted by molar-refractivity contribution is -0.137. The van der Waals surface area contributed by atoms with E-state index in [1.807, 2.05) is 0 Å². The fraction of sp³-hybridized carbons (Fsp3) is 0.333. The van der Waals surface area contributed by atoms with Crippen LogP contribution in [0, 0.1) is 5.92 Å². The molecule has 86 valence electrons. The van der Waals surface area contributed by atoms with Crippen molar-refractivity contribution in [1.29, 1.82) is 0 Å². The van der Waals surface area contributed by atoms with Gasteiger partial charge in [0.15, 0.2) is 5.78 Å². The number of Topliss-reactive ketones (excluding diaryl/α,β-unsaturated/α-hetero) is 1. The molecule has 1 aromatic rings. The Kier molecular flexibility index (Phi) is 4.05. The number of carboxylic acids is 1. The van der Waals surface area contributed by atoms with E-state index < -0.39 is 11.9 Å². The summed E-state index contributed by atoms with van der Waals surface area (Å²) in [5.74, 6) is -1.74. The molecule has 0 saturated carbocycles. The van der Waals surface area contributed by atoms with Crippen molar-refractivity contribution in [2.45, 2.75) is 19.8 Å². The van der Waals surface area contributed by atoms with Crippen molar-refractivity contribution in [3.8, 4) is 5.75 Å². The van der Waals surface area contributed by atoms with E-state index in [1.54, 1.807) is 19.1 Å². The summed E-state index contributed by atoms with van der Waals surface area (Å²) in [6, 6.07) is 5.96. The fourth-order valence-corrected chi connectivity index (χ4v) is 1.53. The summed E-state index contributed by atoms with van der Waals surface area (Å²) < 4.78 is 0. The van der Waals surface area contributed by atoms with E-state index in [-0.39, 0.29) is 18.0 Å². The van der Waals surface area contributed by atoms with Crippen molar-refractivity contribution in [1.82, 2.24) is 0 Å². The molecule has 4 heteroatoms. The van der Waals surface area contributed by atoms with E-state index in [9.17, 15) is 14.7 Å². The van der Waals surface area contributed by atoms with Crippen LogP contribution in [0.15, 0.2) is 24.3 Å². The lowest BCUT2D eigenvalue weighted by Gasteiger charge is -2.11. The van der Waals surface area contributed by atoms with Gasteiger partial charge in [-0.05, 0) is 18.6 Å². The van der Waals surface area contributed by atoms with Crippen LogP contribution in [0.3, 0.4) is 0 Å². The average molecular weight is 222 g/mol. The number of aromatic hydroxyl groups is 1. The monoisotopic (exact) mass is 222 g/mol. The third kappa shape index (κ3) is 3.08. The maximum atomic E-state index is 11.9. The highest BCUT2D eigenvalue weighted by Gasteiger charge is 2.21. The van der Waals surface area contributed by atoms with Crippen LogP contribution in [0.4, 0.5) is 0 Å². The second-order valence-corrected chi connectivity index (χ2v) is 3.62. The minimum Gasteiger partial charge on any atom is -0.508 e. The number of ketones is 1. The molecule has 0 heterocycles. The molecule has 4 nitrogen and oxygen atoms in total. The van der Waals surface area contributed by atoms with Gasteiger partial charge in [0.2, 0.25) is 0 Å². The van der Waals surface area contributed by atoms with Gasteiger partial charge in [-0.15, -0.1) is 0 Å². The lowest BCUT2D eigenvalue weighted by Crippen LogP contribution is -2.17. The number of carboxylic acid groups (broad SMARTS) is 1. The number of hydrogen-bond acceptors (Lipinski definition) is 3. The van der Waals surface area contributed by atoms with Gasteiger partial charge in [0.1, 0.15) is 5.75 Å². The van der Waals surface area contributed by atoms with Crippen LogP contribution in [0.2, 0.25) is 0 Å². The summed E-state index contributed by atoms with van der Waals surface area (Å²) in [6.07, 6.45) is 0.297. The van der Waals surface area contributed by atoms with E-state index in [2.05, 4.69) is 0 Å². The topological polar surface area (TPSA) is 74.6 Å². The molecule has 0 saturated heterocycles. The highest BCUT2D eigenvalue weighted by molar-refractivity contribution is 5.99. The predicted molar refractivity (Wildman–Crippen MR) is 58.5 cm³/mol. The van der Waals surface area contributed by atoms with E-state index >= 15 is 0 Å². The van der Waals surface area contributed by atoms with Crippen LogP contribution in [0.5, 0.6) is 5.75 Å². The van der Waals surface area contributed by atoms with Crippen molar-refractivity contribution in [2.24, 2.45) is 5.92 Å². The second kappa shape index (κ2) is 5.30. The smallest absolute Gasteiger partial charge is 0.304 e. The number of carbonyl (C=O) groups is 2. The Labute approximate surface area is 93.5 Å². The van der Waals surface area contributed by atoms with Crippen molar-refractivity contribution in [3.05, 3.63) is 29.8 Å². The minimum absolute atomic E-state index is 0.0102. The number of rotatable bonds is 5. The summed E-state index contributed by atoms with van der Waals surface area (Å²) >= 11 is 0. The quantitative estimate of drug-likeness (QED) is 0.748. The molecule has 0 aromatic heterocycles. The van der Waals surface area contributed by atoms with Crippen LogP contribution in [-0.4, -0.2) is 22.0 Å². The van der Waals surface area contributed by atoms with Crippen LogP contribution < -0.4 is 0 Å². The highest BCUT2D eigenvalue weighted by atomic mass is 16.4. The SMILES string of the molecule is CCC(CC(=O)O)C(=O)c1cccc(O)c1. The number of phenols is 1. The van der Waals surface area contributed by atoms with Crippen molar-refractivity contribution in [2.75, 3.05) is 0 Å². The maximum Gasteiger partial charge on any atom is 0.304 e. The second-order valence-electron chi connectivity index (χ2n) is 3.62. The first-order chi connectivity index (χ1) is 7.54. The normalized spacial score (nSPS) is 12.1. The van der Waals surface area contributed by atoms with Gasteiger partial charge >= 0.3 is 5.97 Å². The third-order valence-electron chi connectivity index (χ3n) is 2.42. The summed E-state index contributed by atoms with van der Waals surface area (Å²) in [4.78, 5) is 22.5. The largest absolute Gasteiger partial charge is 0.508 e. The van der Waals surface area contributed by atoms with Crippen LogP contribution in [0.25, 0.3) is 0 Å². The minimum atomic E-state index is -0.986. The molecular formula is C12H14O4. The highest BCUT2D eigenvalue weighted by Crippen LogP contribution is 2.19. The van der Waals surface area contributed by atoms with Gasteiger partial charge in [0, 0.05) is 11.5 Å². The van der Waals surface area contributed by atoms with Crippen LogP contribution in [-0.2, 0) is 4.79 Å². The first-order valence-electron chi connectivity index (χ1n) is 5.09. The molecule has 1 atom stereocenters. The number of carbonyl (C=O) groups excluding carboxylic acids is 1. The van der Waals surface area contributed by atoms with Crippen molar-refractivity contribution in [3.63, 3.8) is 0 Å². The first-order valence-corrected chi connectivity index (χ1v) is 5.09. The Hall–Kier alpha value is -1.84. The molecule has 0 radical (unpaired) electrons. The Morgan fingerprint density at radius 3 is 2.56 bits per heavy atom. The molecule has 1 aromatic carbocycles. The Morgan fingerprint density at radius 1 is 1.38 bits per heavy atom. The van der Waals surface area contributed by atoms with E-state index in [0.29, 0.717) is 12.0 Å². The molecule has 0 aliphatic heterocycles. The Balaban J connectivity index is 2.86. The van der Waals surface area contributed by atoms with Gasteiger partial charge in [-0.2, -0.15) is 0 Å². The molecule has 0 fully saturated rings. The van der Waals surface area contributed by atoms with Crippen molar-refractivity contribution >= 4 is 11.8 Å². The molecule has 1 unspecified atom stereocenters. The number of phenolic OH excluding ortho intramolecular Hbond substituents is 1. The summed E-state index contributed by atoms with van der Waals surface area (Å²) in [6.45, 7) is 1.77. The third-order valence-corrected chi connectivity index (χ3v) is 2.42. The first kappa shape index (κ1) is 12.2. The fourth-order valence-electron chi connectivity index (χ4n) is 1.53. The Morgan fingerprint density at radius 2 is 2.06 bits per heavy atom. The summed E-state index contributed by atoms with van der Waals surface area (Å²) in [7, 11) is 0. The zero-order valence-corrected chi connectivity index (χ0v) is 9.01. The lowest BCUT2D eigenvalue weighted by atomic mass is 9.92. The van der Waals surface area contributed by atoms with Crippen molar-refractivity contribution < 1.29 is 19.8 Å². The zero-order chi connectivity index (χ0) is 12.1. The standard InChI is InChI=1S/C12H14O4/c1-2-8(7-11(14)15)12(16)9-4-3-5-10(13)6-9/h3-6,8,13H,2,7H2,1H3,(H,14,15). The van der Waals surface area contributed by atoms with Crippen LogP contribution in [0.1, 0.15) is 30.1 Å². The molecule has 1 rings (SSSR count). The average Bonchev–Trinajstić information content (AvgIpc) is 2.24. The molecule has 0 bridgehead atoms. The number of benzene rings is 1. The summed E-state index contributed by atoms with van der Waals surface area (Å²) in [5.41, 5.74) is 0.355. The summed E-state index contributed by atoms with van der Waals surface area (Å²) in [5, 5.41) is 17.9. The molecule has 0 spiro atoms. The molecule has 0 aliphatic carbocycles. The molecular weight excluding hydrogens is 208 g/mol. The van der Waals surface area contributed by atoms with Gasteiger partial charge in [0.25, 0.3) is 0 Å². The predicted octanol–water partition coefficient (Wildman–Crippen LogP) is 2.08. The molecule has 0 aliphatic rings. The van der Waals surface area contributed by atoms with Gasteiger partial charge in [-0.1, -0.05) is 19.1 Å². The molecule has 2 N–H and O–H groups in total. The molecule has 16 heavy (non-hydrogen) atoms. The number of aliphatic carboxylic acids is 1. The van der Waals surface area contributed by atoms with E-state index in [1.165, 1.54) is 12.1 Å². The van der Waals surface area contributed by atoms with Gasteiger partial charge in [-0.25, -0.2) is 0 Å². The van der Waals surface area contributed by atoms with E-state index in [0.717, 1.165) is 0 Å². The van der Waals surface area contributed by atoms with Gasteiger partial charge in [-0.3, -0.25) is 9.59 Å². The van der Waals surface area contributed by atoms with Gasteiger partial charge < -0.3 is 10.2 Å². The Bertz CT molecular complexity index is 398. The maximum absolute atomic E-state index is 11.9. The zero-order valence-electron chi connectivity index (χ0n) is 9.01. The van der Waals surface area contributed by atoms with Crippen LogP contribution >= 0.6 is 0 Å². The van der Waals surface area contributed by atoms with Gasteiger partial charge in [0.05, 0.1) is 6.42 Å². The van der Waals surface area contributed by atoms with E-state index in [4.69, 9.17) is 5.11 Å².